The van der Waals surface area contributed by atoms with Crippen molar-refractivity contribution in [3.8, 4) is 0 Å². The summed E-state index contributed by atoms with van der Waals surface area (Å²) in [5.74, 6) is 0. The third-order valence-electron chi connectivity index (χ3n) is 3.53. The van der Waals surface area contributed by atoms with Gasteiger partial charge in [-0.2, -0.15) is 0 Å². The summed E-state index contributed by atoms with van der Waals surface area (Å²) >= 11 is 0. The first-order valence-electron chi connectivity index (χ1n) is 6.65. The number of fused-ring (bicyclic) bond motifs is 1. The van der Waals surface area contributed by atoms with Crippen molar-refractivity contribution in [1.82, 2.24) is 9.29 Å². The summed E-state index contributed by atoms with van der Waals surface area (Å²) in [7, 11) is -1.65. The molecule has 1 aromatic heterocycles. The summed E-state index contributed by atoms with van der Waals surface area (Å²) in [5.41, 5.74) is 0.916. The molecule has 4 nitrogen and oxygen atoms in total. The quantitative estimate of drug-likeness (QED) is 0.805. The summed E-state index contributed by atoms with van der Waals surface area (Å²) in [6, 6.07) is 16.6. The van der Waals surface area contributed by atoms with Gasteiger partial charge in [-0.1, -0.05) is 36.4 Å². The zero-order valence-corrected chi connectivity index (χ0v) is 12.5. The van der Waals surface area contributed by atoms with Crippen LogP contribution in [0.5, 0.6) is 0 Å². The van der Waals surface area contributed by atoms with Crippen LogP contribution in [0.3, 0.4) is 0 Å². The number of sulfonamides is 1. The highest BCUT2D eigenvalue weighted by Crippen LogP contribution is 2.22. The van der Waals surface area contributed by atoms with Gasteiger partial charge in [0, 0.05) is 24.3 Å². The second-order valence-electron chi connectivity index (χ2n) is 4.91. The monoisotopic (exact) mass is 300 g/mol. The largest absolute Gasteiger partial charge is 0.353 e. The van der Waals surface area contributed by atoms with Crippen molar-refractivity contribution in [3.05, 3.63) is 66.5 Å². The van der Waals surface area contributed by atoms with Crippen LogP contribution in [0, 0.1) is 0 Å². The number of hydrogen-bond donors (Lipinski definition) is 1. The van der Waals surface area contributed by atoms with Crippen molar-refractivity contribution >= 4 is 20.8 Å². The molecule has 0 radical (unpaired) electrons. The van der Waals surface area contributed by atoms with Crippen LogP contribution in [0.25, 0.3) is 10.8 Å². The second kappa shape index (κ2) is 5.35. The summed E-state index contributed by atoms with van der Waals surface area (Å²) < 4.78 is 29.6. The molecule has 0 bridgehead atoms. The molecule has 3 aromatic rings. The zero-order chi connectivity index (χ0) is 14.9. The van der Waals surface area contributed by atoms with Crippen LogP contribution in [-0.2, 0) is 23.6 Å². The average molecular weight is 300 g/mol. The molecule has 0 amide bonds. The van der Waals surface area contributed by atoms with Crippen molar-refractivity contribution < 1.29 is 8.42 Å². The van der Waals surface area contributed by atoms with E-state index >= 15 is 0 Å². The van der Waals surface area contributed by atoms with Gasteiger partial charge in [0.15, 0.2) is 0 Å². The number of benzene rings is 2. The molecule has 1 N–H and O–H groups in total. The van der Waals surface area contributed by atoms with Gasteiger partial charge in [0.05, 0.1) is 11.4 Å². The third-order valence-corrected chi connectivity index (χ3v) is 4.99. The van der Waals surface area contributed by atoms with Gasteiger partial charge in [-0.3, -0.25) is 0 Å². The standard InChI is InChI=1S/C16H16N2O2S/c1-18-11-5-8-14(18)12-17-21(19,20)16-10-4-7-13-6-2-3-9-15(13)16/h2-11,17H,12H2,1H3. The number of nitrogens with one attached hydrogen (secondary N) is 1. The lowest BCUT2D eigenvalue weighted by atomic mass is 10.1. The smallest absolute Gasteiger partial charge is 0.241 e. The molecule has 0 aliphatic heterocycles. The lowest BCUT2D eigenvalue weighted by Crippen LogP contribution is -2.24. The molecule has 0 unspecified atom stereocenters. The minimum atomic E-state index is -3.54. The second-order valence-corrected chi connectivity index (χ2v) is 6.65. The Bertz CT molecular complexity index is 877. The Labute approximate surface area is 124 Å². The van der Waals surface area contributed by atoms with Gasteiger partial charge in [-0.05, 0) is 23.6 Å². The Hall–Kier alpha value is -2.11. The van der Waals surface area contributed by atoms with Crippen LogP contribution in [0.1, 0.15) is 5.69 Å². The number of hydrogen-bond acceptors (Lipinski definition) is 2. The number of nitrogens with zero attached hydrogens (tertiary/aromatic N) is 1. The maximum absolute atomic E-state index is 12.5. The molecule has 0 aliphatic carbocycles. The Morgan fingerprint density at radius 1 is 1.00 bits per heavy atom. The summed E-state index contributed by atoms with van der Waals surface area (Å²) in [6.45, 7) is 0.273. The van der Waals surface area contributed by atoms with Gasteiger partial charge in [0.2, 0.25) is 10.0 Å². The first-order valence-corrected chi connectivity index (χ1v) is 8.14. The van der Waals surface area contributed by atoms with Crippen LogP contribution < -0.4 is 4.72 Å². The molecular weight excluding hydrogens is 284 g/mol. The molecule has 1 heterocycles. The van der Waals surface area contributed by atoms with Crippen molar-refractivity contribution in [2.24, 2.45) is 7.05 Å². The highest BCUT2D eigenvalue weighted by atomic mass is 32.2. The lowest BCUT2D eigenvalue weighted by molar-refractivity contribution is 0.580. The molecule has 0 saturated heterocycles. The van der Waals surface area contributed by atoms with Gasteiger partial charge in [0.25, 0.3) is 0 Å². The van der Waals surface area contributed by atoms with E-state index in [1.54, 1.807) is 12.1 Å². The van der Waals surface area contributed by atoms with Gasteiger partial charge >= 0.3 is 0 Å². The minimum Gasteiger partial charge on any atom is -0.353 e. The van der Waals surface area contributed by atoms with Crippen LogP contribution >= 0.6 is 0 Å². The van der Waals surface area contributed by atoms with Gasteiger partial charge < -0.3 is 4.57 Å². The predicted octanol–water partition coefficient (Wildman–Crippen LogP) is 2.66. The number of aromatic nitrogens is 1. The lowest BCUT2D eigenvalue weighted by Gasteiger charge is -2.10. The highest BCUT2D eigenvalue weighted by molar-refractivity contribution is 7.89. The molecule has 3 rings (SSSR count). The first-order chi connectivity index (χ1) is 10.1. The van der Waals surface area contributed by atoms with Gasteiger partial charge in [-0.25, -0.2) is 13.1 Å². The van der Waals surface area contributed by atoms with E-state index in [1.165, 1.54) is 0 Å². The normalized spacial score (nSPS) is 11.9. The van der Waals surface area contributed by atoms with Gasteiger partial charge in [0.1, 0.15) is 0 Å². The zero-order valence-electron chi connectivity index (χ0n) is 11.7. The van der Waals surface area contributed by atoms with E-state index in [0.29, 0.717) is 4.90 Å². The topological polar surface area (TPSA) is 51.1 Å². The van der Waals surface area contributed by atoms with Crippen molar-refractivity contribution in [2.45, 2.75) is 11.4 Å². The maximum Gasteiger partial charge on any atom is 0.241 e. The van der Waals surface area contributed by atoms with E-state index in [-0.39, 0.29) is 6.54 Å². The van der Waals surface area contributed by atoms with E-state index < -0.39 is 10.0 Å². The fourth-order valence-electron chi connectivity index (χ4n) is 2.36. The molecule has 5 heteroatoms. The Morgan fingerprint density at radius 2 is 1.76 bits per heavy atom. The minimum absolute atomic E-state index is 0.273. The van der Waals surface area contributed by atoms with Gasteiger partial charge in [-0.15, -0.1) is 0 Å². The van der Waals surface area contributed by atoms with Crippen LogP contribution in [-0.4, -0.2) is 13.0 Å². The molecule has 0 fully saturated rings. The summed E-state index contributed by atoms with van der Waals surface area (Å²) in [6.07, 6.45) is 1.89. The molecular formula is C16H16N2O2S. The van der Waals surface area contributed by atoms with Crippen molar-refractivity contribution in [3.63, 3.8) is 0 Å². The number of rotatable bonds is 4. The Kier molecular flexibility index (Phi) is 3.53. The maximum atomic E-state index is 12.5. The third kappa shape index (κ3) is 2.70. The van der Waals surface area contributed by atoms with E-state index in [1.807, 2.05) is 60.3 Å². The Balaban J connectivity index is 1.95. The molecule has 108 valence electrons. The molecule has 0 atom stereocenters. The number of aryl methyl sites for hydroxylation is 1. The molecule has 0 spiro atoms. The summed E-state index contributed by atoms with van der Waals surface area (Å²) in [5, 5.41) is 1.65. The van der Waals surface area contributed by atoms with E-state index in [9.17, 15) is 8.42 Å². The predicted molar refractivity (Wildman–Crippen MR) is 83.4 cm³/mol. The van der Waals surface area contributed by atoms with Crippen molar-refractivity contribution in [2.75, 3.05) is 0 Å². The molecule has 0 saturated carbocycles. The van der Waals surface area contributed by atoms with E-state index in [2.05, 4.69) is 4.72 Å². The fourth-order valence-corrected chi connectivity index (χ4v) is 3.58. The van der Waals surface area contributed by atoms with E-state index in [0.717, 1.165) is 16.5 Å². The summed E-state index contributed by atoms with van der Waals surface area (Å²) in [4.78, 5) is 0.315. The van der Waals surface area contributed by atoms with Crippen molar-refractivity contribution in [1.29, 1.82) is 0 Å². The van der Waals surface area contributed by atoms with E-state index in [4.69, 9.17) is 0 Å². The SMILES string of the molecule is Cn1cccc1CNS(=O)(=O)c1cccc2ccccc12. The van der Waals surface area contributed by atoms with Crippen LogP contribution in [0.15, 0.2) is 65.7 Å². The highest BCUT2D eigenvalue weighted by Gasteiger charge is 2.17. The average Bonchev–Trinajstić information content (AvgIpc) is 2.90. The molecule has 0 aliphatic rings. The first kappa shape index (κ1) is 13.9. The van der Waals surface area contributed by atoms with Crippen LogP contribution in [0.2, 0.25) is 0 Å². The molecule has 2 aromatic carbocycles. The molecule has 21 heavy (non-hydrogen) atoms. The van der Waals surface area contributed by atoms with Crippen LogP contribution in [0.4, 0.5) is 0 Å². The Morgan fingerprint density at radius 3 is 2.52 bits per heavy atom. The fraction of sp³-hybridized carbons (Fsp3) is 0.125.